The van der Waals surface area contributed by atoms with Gasteiger partial charge in [0.15, 0.2) is 0 Å². The summed E-state index contributed by atoms with van der Waals surface area (Å²) in [5.41, 5.74) is 0. The zero-order chi connectivity index (χ0) is 8.97. The molecule has 12 heavy (non-hydrogen) atoms. The molecular formula is C8H14BrNO2. The minimum Gasteiger partial charge on any atom is -0.480 e. The van der Waals surface area contributed by atoms with Gasteiger partial charge in [0.2, 0.25) is 0 Å². The van der Waals surface area contributed by atoms with E-state index in [4.69, 9.17) is 5.11 Å². The average molecular weight is 236 g/mol. The van der Waals surface area contributed by atoms with Gasteiger partial charge in [-0.2, -0.15) is 0 Å². The third kappa shape index (κ3) is 2.75. The Bertz CT molecular complexity index is 163. The van der Waals surface area contributed by atoms with Crippen LogP contribution >= 0.6 is 15.9 Å². The molecule has 1 rings (SSSR count). The zero-order valence-electron chi connectivity index (χ0n) is 7.00. The molecule has 1 fully saturated rings. The maximum Gasteiger partial charge on any atom is 0.317 e. The Labute approximate surface area is 80.9 Å². The Morgan fingerprint density at radius 3 is 2.92 bits per heavy atom. The van der Waals surface area contributed by atoms with Crippen LogP contribution in [0.25, 0.3) is 0 Å². The van der Waals surface area contributed by atoms with Crippen molar-refractivity contribution in [3.8, 4) is 0 Å². The first kappa shape index (κ1) is 9.99. The van der Waals surface area contributed by atoms with Crippen LogP contribution in [-0.4, -0.2) is 40.4 Å². The number of likely N-dealkylation sites (tertiary alicyclic amines) is 1. The fourth-order valence-corrected chi connectivity index (χ4v) is 2.35. The van der Waals surface area contributed by atoms with E-state index in [9.17, 15) is 4.79 Å². The minimum atomic E-state index is -0.720. The minimum absolute atomic E-state index is 0.191. The number of alkyl halides is 1. The molecule has 3 nitrogen and oxygen atoms in total. The molecule has 0 aromatic carbocycles. The van der Waals surface area contributed by atoms with Crippen LogP contribution in [0.5, 0.6) is 0 Å². The van der Waals surface area contributed by atoms with Crippen LogP contribution in [-0.2, 0) is 4.79 Å². The molecule has 0 aromatic rings. The van der Waals surface area contributed by atoms with Gasteiger partial charge in [0.1, 0.15) is 0 Å². The number of rotatable bonds is 3. The van der Waals surface area contributed by atoms with Gasteiger partial charge in [-0.05, 0) is 19.4 Å². The largest absolute Gasteiger partial charge is 0.480 e. The first-order chi connectivity index (χ1) is 5.74. The Hall–Kier alpha value is -0.0900. The summed E-state index contributed by atoms with van der Waals surface area (Å²) in [6.07, 6.45) is 3.49. The van der Waals surface area contributed by atoms with Gasteiger partial charge >= 0.3 is 5.97 Å². The number of nitrogens with zero attached hydrogens (tertiary/aromatic N) is 1. The monoisotopic (exact) mass is 235 g/mol. The van der Waals surface area contributed by atoms with Crippen LogP contribution < -0.4 is 0 Å². The lowest BCUT2D eigenvalue weighted by molar-refractivity contribution is -0.139. The highest BCUT2D eigenvalue weighted by atomic mass is 79.9. The van der Waals surface area contributed by atoms with E-state index in [1.807, 2.05) is 4.90 Å². The molecule has 0 bridgehead atoms. The second-order valence-electron chi connectivity index (χ2n) is 3.17. The Morgan fingerprint density at radius 2 is 2.33 bits per heavy atom. The highest BCUT2D eigenvalue weighted by molar-refractivity contribution is 9.09. The van der Waals surface area contributed by atoms with E-state index in [-0.39, 0.29) is 6.54 Å². The van der Waals surface area contributed by atoms with Gasteiger partial charge in [0.05, 0.1) is 6.54 Å². The van der Waals surface area contributed by atoms with Crippen molar-refractivity contribution in [1.82, 2.24) is 4.90 Å². The Balaban J connectivity index is 2.41. The Kier molecular flexibility index (Phi) is 4.01. The molecule has 0 aliphatic carbocycles. The SMILES string of the molecule is O=C(O)CN1CCCC[C@@H]1CBr. The lowest BCUT2D eigenvalue weighted by Gasteiger charge is -2.33. The molecule has 0 radical (unpaired) electrons. The number of carboxylic acid groups (broad SMARTS) is 1. The zero-order valence-corrected chi connectivity index (χ0v) is 8.59. The molecule has 1 heterocycles. The van der Waals surface area contributed by atoms with Crippen molar-refractivity contribution >= 4 is 21.9 Å². The standard InChI is InChI=1S/C8H14BrNO2/c9-5-7-3-1-2-4-10(7)6-8(11)12/h7H,1-6H2,(H,11,12)/t7-/m1/s1. The van der Waals surface area contributed by atoms with E-state index in [1.165, 1.54) is 6.42 Å². The molecule has 1 atom stereocenters. The second-order valence-corrected chi connectivity index (χ2v) is 3.82. The molecular weight excluding hydrogens is 222 g/mol. The fourth-order valence-electron chi connectivity index (χ4n) is 1.62. The Morgan fingerprint density at radius 1 is 1.58 bits per heavy atom. The van der Waals surface area contributed by atoms with Gasteiger partial charge in [-0.3, -0.25) is 9.69 Å². The predicted molar refractivity (Wildman–Crippen MR) is 50.6 cm³/mol. The molecule has 1 aliphatic rings. The summed E-state index contributed by atoms with van der Waals surface area (Å²) in [6, 6.07) is 0.426. The lowest BCUT2D eigenvalue weighted by Crippen LogP contribution is -2.43. The first-order valence-corrected chi connectivity index (χ1v) is 5.38. The summed E-state index contributed by atoms with van der Waals surface area (Å²) >= 11 is 3.41. The van der Waals surface area contributed by atoms with Gasteiger partial charge in [0, 0.05) is 11.4 Å². The number of aliphatic carboxylic acids is 1. The molecule has 1 aliphatic heterocycles. The molecule has 0 amide bonds. The normalized spacial score (nSPS) is 25.6. The molecule has 0 aromatic heterocycles. The van der Waals surface area contributed by atoms with Gasteiger partial charge in [-0.25, -0.2) is 0 Å². The molecule has 70 valence electrons. The molecule has 0 saturated carbocycles. The number of piperidine rings is 1. The highest BCUT2D eigenvalue weighted by Gasteiger charge is 2.22. The fraction of sp³-hybridized carbons (Fsp3) is 0.875. The van der Waals surface area contributed by atoms with Crippen LogP contribution in [0, 0.1) is 0 Å². The lowest BCUT2D eigenvalue weighted by atomic mass is 10.0. The van der Waals surface area contributed by atoms with E-state index in [1.54, 1.807) is 0 Å². The molecule has 0 spiro atoms. The van der Waals surface area contributed by atoms with E-state index in [2.05, 4.69) is 15.9 Å². The van der Waals surface area contributed by atoms with Crippen molar-refractivity contribution in [2.24, 2.45) is 0 Å². The molecule has 1 saturated heterocycles. The molecule has 1 N–H and O–H groups in total. The van der Waals surface area contributed by atoms with Crippen molar-refractivity contribution in [2.75, 3.05) is 18.4 Å². The van der Waals surface area contributed by atoms with E-state index in [0.29, 0.717) is 6.04 Å². The quantitative estimate of drug-likeness (QED) is 0.751. The maximum absolute atomic E-state index is 10.5. The van der Waals surface area contributed by atoms with Crippen molar-refractivity contribution in [1.29, 1.82) is 0 Å². The number of hydrogen-bond acceptors (Lipinski definition) is 2. The smallest absolute Gasteiger partial charge is 0.317 e. The van der Waals surface area contributed by atoms with Gasteiger partial charge < -0.3 is 5.11 Å². The third-order valence-electron chi connectivity index (χ3n) is 2.27. The number of carbonyl (C=O) groups is 1. The van der Waals surface area contributed by atoms with Crippen molar-refractivity contribution in [2.45, 2.75) is 25.3 Å². The third-order valence-corrected chi connectivity index (χ3v) is 3.01. The topological polar surface area (TPSA) is 40.5 Å². The maximum atomic E-state index is 10.5. The number of hydrogen-bond donors (Lipinski definition) is 1. The summed E-state index contributed by atoms with van der Waals surface area (Å²) in [7, 11) is 0. The van der Waals surface area contributed by atoms with Crippen LogP contribution in [0.3, 0.4) is 0 Å². The average Bonchev–Trinajstić information content (AvgIpc) is 2.04. The van der Waals surface area contributed by atoms with E-state index < -0.39 is 5.97 Å². The van der Waals surface area contributed by atoms with Crippen molar-refractivity contribution in [3.63, 3.8) is 0 Å². The molecule has 0 unspecified atom stereocenters. The van der Waals surface area contributed by atoms with Crippen LogP contribution in [0.2, 0.25) is 0 Å². The van der Waals surface area contributed by atoms with Gasteiger partial charge in [0.25, 0.3) is 0 Å². The van der Waals surface area contributed by atoms with Crippen LogP contribution in [0.15, 0.2) is 0 Å². The summed E-state index contributed by atoms with van der Waals surface area (Å²) in [5, 5.41) is 9.51. The van der Waals surface area contributed by atoms with E-state index >= 15 is 0 Å². The van der Waals surface area contributed by atoms with Gasteiger partial charge in [-0.1, -0.05) is 22.4 Å². The van der Waals surface area contributed by atoms with Gasteiger partial charge in [-0.15, -0.1) is 0 Å². The summed E-state index contributed by atoms with van der Waals surface area (Å²) < 4.78 is 0. The van der Waals surface area contributed by atoms with Crippen LogP contribution in [0.4, 0.5) is 0 Å². The predicted octanol–water partition coefficient (Wildman–Crippen LogP) is 1.32. The number of carboxylic acids is 1. The van der Waals surface area contributed by atoms with E-state index in [0.717, 1.165) is 24.7 Å². The first-order valence-electron chi connectivity index (χ1n) is 4.26. The van der Waals surface area contributed by atoms with Crippen molar-refractivity contribution < 1.29 is 9.90 Å². The second kappa shape index (κ2) is 4.82. The highest BCUT2D eigenvalue weighted by Crippen LogP contribution is 2.17. The van der Waals surface area contributed by atoms with Crippen LogP contribution in [0.1, 0.15) is 19.3 Å². The summed E-state index contributed by atoms with van der Waals surface area (Å²) in [6.45, 7) is 1.12. The summed E-state index contributed by atoms with van der Waals surface area (Å²) in [4.78, 5) is 12.5. The van der Waals surface area contributed by atoms with Crippen molar-refractivity contribution in [3.05, 3.63) is 0 Å². The molecule has 4 heteroatoms. The number of halogens is 1. The summed E-state index contributed by atoms with van der Waals surface area (Å²) in [5.74, 6) is -0.720.